The Hall–Kier alpha value is -3.16. The molecule has 3 aromatic rings. The van der Waals surface area contributed by atoms with Crippen molar-refractivity contribution in [3.05, 3.63) is 83.4 Å². The smallest absolute Gasteiger partial charge is 0.252 e. The van der Waals surface area contributed by atoms with Crippen molar-refractivity contribution in [1.29, 1.82) is 0 Å². The summed E-state index contributed by atoms with van der Waals surface area (Å²) in [5, 5.41) is 3.03. The van der Waals surface area contributed by atoms with Crippen molar-refractivity contribution in [3.63, 3.8) is 0 Å². The van der Waals surface area contributed by atoms with Gasteiger partial charge >= 0.3 is 0 Å². The topological polar surface area (TPSA) is 76.8 Å². The highest BCUT2D eigenvalue weighted by atomic mass is 16.5. The van der Waals surface area contributed by atoms with Crippen molar-refractivity contribution in [2.45, 2.75) is 26.0 Å². The van der Waals surface area contributed by atoms with Crippen molar-refractivity contribution in [2.75, 3.05) is 32.8 Å². The Morgan fingerprint density at radius 1 is 1.12 bits per heavy atom. The molecule has 0 spiro atoms. The van der Waals surface area contributed by atoms with E-state index in [4.69, 9.17) is 13.9 Å². The molecule has 1 N–H and O–H groups in total. The largest absolute Gasteiger partial charge is 0.470 e. The van der Waals surface area contributed by atoms with Crippen LogP contribution in [0.5, 0.6) is 5.88 Å². The van der Waals surface area contributed by atoms with Crippen molar-refractivity contribution in [2.24, 2.45) is 0 Å². The fraction of sp³-hybridized carbons (Fsp3) is 0.360. The first-order chi connectivity index (χ1) is 15.6. The first-order valence-corrected chi connectivity index (χ1v) is 10.9. The lowest BCUT2D eigenvalue weighted by Crippen LogP contribution is -2.43. The van der Waals surface area contributed by atoms with Crippen LogP contribution in [0, 0.1) is 6.92 Å². The van der Waals surface area contributed by atoms with E-state index in [0.717, 1.165) is 30.2 Å². The van der Waals surface area contributed by atoms with Crippen LogP contribution < -0.4 is 10.1 Å². The van der Waals surface area contributed by atoms with Gasteiger partial charge in [0.05, 0.1) is 24.8 Å². The van der Waals surface area contributed by atoms with Gasteiger partial charge < -0.3 is 19.2 Å². The number of hydrogen-bond acceptors (Lipinski definition) is 6. The Balaban J connectivity index is 1.37. The van der Waals surface area contributed by atoms with E-state index in [-0.39, 0.29) is 18.1 Å². The Morgan fingerprint density at radius 3 is 2.56 bits per heavy atom. The molecule has 1 fully saturated rings. The third kappa shape index (κ3) is 5.55. The molecule has 168 valence electrons. The number of morpholine rings is 1. The van der Waals surface area contributed by atoms with Crippen LogP contribution in [0.2, 0.25) is 0 Å². The maximum atomic E-state index is 12.8. The summed E-state index contributed by atoms with van der Waals surface area (Å²) in [6, 6.07) is 17.3. The molecule has 0 saturated carbocycles. The van der Waals surface area contributed by atoms with E-state index in [1.807, 2.05) is 56.3 Å². The van der Waals surface area contributed by atoms with Gasteiger partial charge in [0.1, 0.15) is 17.6 Å². The average Bonchev–Trinajstić information content (AvgIpc) is 3.26. The van der Waals surface area contributed by atoms with Gasteiger partial charge in [0.2, 0.25) is 5.88 Å². The van der Waals surface area contributed by atoms with Gasteiger partial charge in [-0.2, -0.15) is 0 Å². The molecular formula is C25H29N3O4. The van der Waals surface area contributed by atoms with Gasteiger partial charge in [-0.25, -0.2) is 4.98 Å². The van der Waals surface area contributed by atoms with Gasteiger partial charge in [-0.3, -0.25) is 9.69 Å². The van der Waals surface area contributed by atoms with Crippen LogP contribution in [0.1, 0.15) is 46.5 Å². The molecule has 7 nitrogen and oxygen atoms in total. The van der Waals surface area contributed by atoms with E-state index < -0.39 is 0 Å². The Labute approximate surface area is 188 Å². The summed E-state index contributed by atoms with van der Waals surface area (Å²) in [7, 11) is 0. The van der Waals surface area contributed by atoms with Crippen LogP contribution in [0.25, 0.3) is 0 Å². The number of nitrogens with zero attached hydrogens (tertiary/aromatic N) is 2. The summed E-state index contributed by atoms with van der Waals surface area (Å²) < 4.78 is 17.2. The van der Waals surface area contributed by atoms with Gasteiger partial charge in [-0.1, -0.05) is 30.3 Å². The highest BCUT2D eigenvalue weighted by Crippen LogP contribution is 2.24. The number of pyridine rings is 1. The SMILES string of the molecule is Cc1ccc([C@@H](CNC(=O)c2ccc(O[C@@H](C)c3ccccc3)nc2)N2CCOCC2)o1. The van der Waals surface area contributed by atoms with Gasteiger partial charge in [-0.15, -0.1) is 0 Å². The molecule has 1 amide bonds. The second-order valence-corrected chi connectivity index (χ2v) is 7.88. The number of ether oxygens (including phenoxy) is 2. The zero-order valence-corrected chi connectivity index (χ0v) is 18.5. The number of aromatic nitrogens is 1. The Bertz CT molecular complexity index is 998. The fourth-order valence-electron chi connectivity index (χ4n) is 3.78. The van der Waals surface area contributed by atoms with E-state index in [1.54, 1.807) is 18.3 Å². The average molecular weight is 436 g/mol. The minimum atomic E-state index is -0.179. The molecule has 32 heavy (non-hydrogen) atoms. The van der Waals surface area contributed by atoms with Crippen LogP contribution in [0.15, 0.2) is 65.2 Å². The lowest BCUT2D eigenvalue weighted by atomic mass is 10.1. The molecule has 0 unspecified atom stereocenters. The number of nitrogens with one attached hydrogen (secondary N) is 1. The normalized spacial score (nSPS) is 16.3. The molecule has 0 radical (unpaired) electrons. The summed E-state index contributed by atoms with van der Waals surface area (Å²) in [6.07, 6.45) is 1.41. The van der Waals surface area contributed by atoms with Gasteiger partial charge in [-0.05, 0) is 37.6 Å². The molecule has 0 aliphatic carbocycles. The first-order valence-electron chi connectivity index (χ1n) is 10.9. The van der Waals surface area contributed by atoms with Crippen LogP contribution in [-0.4, -0.2) is 48.6 Å². The number of rotatable bonds is 8. The molecule has 0 bridgehead atoms. The molecule has 7 heteroatoms. The summed E-state index contributed by atoms with van der Waals surface area (Å²) in [5.41, 5.74) is 1.56. The van der Waals surface area contributed by atoms with Crippen molar-refractivity contribution >= 4 is 5.91 Å². The predicted molar refractivity (Wildman–Crippen MR) is 121 cm³/mol. The van der Waals surface area contributed by atoms with Gasteiger partial charge in [0, 0.05) is 31.9 Å². The number of carbonyl (C=O) groups is 1. The van der Waals surface area contributed by atoms with Crippen LogP contribution in [0.4, 0.5) is 0 Å². The summed E-state index contributed by atoms with van der Waals surface area (Å²) in [6.45, 7) is 7.29. The van der Waals surface area contributed by atoms with E-state index in [1.165, 1.54) is 0 Å². The Kier molecular flexibility index (Phi) is 7.19. The highest BCUT2D eigenvalue weighted by molar-refractivity contribution is 5.93. The zero-order valence-electron chi connectivity index (χ0n) is 18.5. The number of benzene rings is 1. The van der Waals surface area contributed by atoms with Gasteiger partial charge in [0.15, 0.2) is 0 Å². The number of aryl methyl sites for hydroxylation is 1. The maximum absolute atomic E-state index is 12.8. The fourth-order valence-corrected chi connectivity index (χ4v) is 3.78. The molecular weight excluding hydrogens is 406 g/mol. The van der Waals surface area contributed by atoms with Gasteiger partial charge in [0.25, 0.3) is 5.91 Å². The summed E-state index contributed by atoms with van der Waals surface area (Å²) in [5.74, 6) is 2.01. The molecule has 1 saturated heterocycles. The highest BCUT2D eigenvalue weighted by Gasteiger charge is 2.26. The monoisotopic (exact) mass is 435 g/mol. The third-order valence-corrected chi connectivity index (χ3v) is 5.60. The standard InChI is InChI=1S/C25H29N3O4/c1-18-8-10-23(31-18)22(28-12-14-30-15-13-28)17-27-25(29)21-9-11-24(26-16-21)32-19(2)20-6-4-3-5-7-20/h3-11,16,19,22H,12-15,17H2,1-2H3,(H,27,29)/t19-,22+/m0/s1. The lowest BCUT2D eigenvalue weighted by molar-refractivity contribution is 0.0117. The number of carbonyl (C=O) groups excluding carboxylic acids is 1. The van der Waals surface area contributed by atoms with Crippen LogP contribution >= 0.6 is 0 Å². The number of furan rings is 1. The molecule has 2 atom stereocenters. The second-order valence-electron chi connectivity index (χ2n) is 7.88. The minimum Gasteiger partial charge on any atom is -0.470 e. The molecule has 3 heterocycles. The first kappa shape index (κ1) is 22.0. The van der Waals surface area contributed by atoms with Crippen molar-refractivity contribution < 1.29 is 18.7 Å². The van der Waals surface area contributed by atoms with Crippen LogP contribution in [-0.2, 0) is 4.74 Å². The maximum Gasteiger partial charge on any atom is 0.252 e. The van der Waals surface area contributed by atoms with E-state index in [9.17, 15) is 4.79 Å². The number of hydrogen-bond donors (Lipinski definition) is 1. The third-order valence-electron chi connectivity index (χ3n) is 5.60. The summed E-state index contributed by atoms with van der Waals surface area (Å²) in [4.78, 5) is 19.4. The number of amides is 1. The molecule has 1 aromatic carbocycles. The minimum absolute atomic E-state index is 0.0427. The molecule has 1 aliphatic heterocycles. The van der Waals surface area contributed by atoms with E-state index in [0.29, 0.717) is 31.2 Å². The predicted octanol–water partition coefficient (Wildman–Crippen LogP) is 3.93. The molecule has 1 aliphatic rings. The van der Waals surface area contributed by atoms with E-state index >= 15 is 0 Å². The quantitative estimate of drug-likeness (QED) is 0.578. The summed E-state index contributed by atoms with van der Waals surface area (Å²) >= 11 is 0. The molecule has 2 aromatic heterocycles. The molecule has 4 rings (SSSR count). The second kappa shape index (κ2) is 10.4. The lowest BCUT2D eigenvalue weighted by Gasteiger charge is -2.33. The van der Waals surface area contributed by atoms with E-state index in [2.05, 4.69) is 15.2 Å². The zero-order chi connectivity index (χ0) is 22.3. The Morgan fingerprint density at radius 2 is 1.91 bits per heavy atom. The van der Waals surface area contributed by atoms with Crippen molar-refractivity contribution in [3.8, 4) is 5.88 Å². The van der Waals surface area contributed by atoms with Crippen LogP contribution in [0.3, 0.4) is 0 Å². The van der Waals surface area contributed by atoms with Crippen molar-refractivity contribution in [1.82, 2.24) is 15.2 Å².